The van der Waals surface area contributed by atoms with E-state index in [0.29, 0.717) is 5.57 Å². The minimum Gasteiger partial charge on any atom is -0.482 e. The summed E-state index contributed by atoms with van der Waals surface area (Å²) < 4.78 is 67.9. The second-order valence-corrected chi connectivity index (χ2v) is 10.7. The lowest BCUT2D eigenvalue weighted by Crippen LogP contribution is -2.43. The molecule has 0 N–H and O–H groups in total. The number of aromatic nitrogens is 2. The van der Waals surface area contributed by atoms with Crippen LogP contribution in [-0.4, -0.2) is 45.5 Å². The first kappa shape index (κ1) is 19.8. The number of hydrogen-bond donors (Lipinski definition) is 0. The molecule has 1 aliphatic carbocycles. The molecule has 0 bridgehead atoms. The second kappa shape index (κ2) is 6.51. The van der Waals surface area contributed by atoms with E-state index in [1.165, 1.54) is 12.1 Å². The smallest absolute Gasteiger partial charge is 0.300 e. The molecule has 2 unspecified atom stereocenters. The van der Waals surface area contributed by atoms with Gasteiger partial charge in [-0.2, -0.15) is 8.42 Å². The Morgan fingerprint density at radius 1 is 1.14 bits per heavy atom. The van der Waals surface area contributed by atoms with Gasteiger partial charge in [-0.15, -0.1) is 10.2 Å². The normalized spacial score (nSPS) is 22.8. The molecule has 11 heteroatoms. The highest BCUT2D eigenvalue weighted by molar-refractivity contribution is 7.92. The molecule has 1 aromatic heterocycles. The summed E-state index contributed by atoms with van der Waals surface area (Å²) in [6.45, 7) is 5.11. The van der Waals surface area contributed by atoms with Gasteiger partial charge in [0, 0.05) is 12.5 Å². The number of sulfone groups is 1. The third kappa shape index (κ3) is 3.09. The number of aryl methyl sites for hydroxylation is 1. The minimum absolute atomic E-state index is 0.0124. The van der Waals surface area contributed by atoms with Crippen molar-refractivity contribution in [2.75, 3.05) is 7.11 Å². The van der Waals surface area contributed by atoms with Crippen LogP contribution in [0, 0.1) is 6.92 Å². The summed E-state index contributed by atoms with van der Waals surface area (Å²) in [6, 6.07) is 2.50. The van der Waals surface area contributed by atoms with Gasteiger partial charge >= 0.3 is 0 Å². The fourth-order valence-corrected chi connectivity index (χ4v) is 6.39. The molecule has 2 atom stereocenters. The van der Waals surface area contributed by atoms with Crippen molar-refractivity contribution in [2.45, 2.75) is 41.9 Å². The van der Waals surface area contributed by atoms with Gasteiger partial charge in [0.25, 0.3) is 10.1 Å². The highest BCUT2D eigenvalue weighted by atomic mass is 32.2. The Labute approximate surface area is 168 Å². The van der Waals surface area contributed by atoms with Gasteiger partial charge in [0.2, 0.25) is 11.8 Å². The molecule has 1 aromatic carbocycles. The number of nitrogens with zero attached hydrogens (tertiary/aromatic N) is 2. The lowest BCUT2D eigenvalue weighted by Gasteiger charge is -2.35. The zero-order chi connectivity index (χ0) is 21.1. The summed E-state index contributed by atoms with van der Waals surface area (Å²) >= 11 is 0. The Hall–Kier alpha value is -2.50. The quantitative estimate of drug-likeness (QED) is 0.663. The lowest BCUT2D eigenvalue weighted by molar-refractivity contribution is 0.217. The van der Waals surface area contributed by atoms with Gasteiger partial charge in [0.05, 0.1) is 7.11 Å². The van der Waals surface area contributed by atoms with E-state index in [2.05, 4.69) is 14.4 Å². The highest BCUT2D eigenvalue weighted by Crippen LogP contribution is 2.45. The van der Waals surface area contributed by atoms with Gasteiger partial charge < -0.3 is 9.15 Å². The van der Waals surface area contributed by atoms with E-state index < -0.39 is 36.2 Å². The fourth-order valence-electron chi connectivity index (χ4n) is 3.50. The van der Waals surface area contributed by atoms with E-state index >= 15 is 0 Å². The third-order valence-electron chi connectivity index (χ3n) is 4.82. The van der Waals surface area contributed by atoms with Crippen LogP contribution in [0.15, 0.2) is 49.6 Å². The SMILES string of the molecule is COS(=O)(=O)c1cc(-c2nnc(C)o2)cc2c1OC1C(C)=CC(C)=CC1S2(=O)=O. The summed E-state index contributed by atoms with van der Waals surface area (Å²) in [7, 11) is -7.28. The maximum Gasteiger partial charge on any atom is 0.300 e. The van der Waals surface area contributed by atoms with Crippen LogP contribution >= 0.6 is 0 Å². The number of hydrogen-bond acceptors (Lipinski definition) is 9. The molecule has 29 heavy (non-hydrogen) atoms. The maximum absolute atomic E-state index is 13.4. The molecule has 0 saturated heterocycles. The van der Waals surface area contributed by atoms with Crippen LogP contribution in [0.1, 0.15) is 19.7 Å². The number of benzene rings is 1. The molecule has 2 aromatic rings. The Kier molecular flexibility index (Phi) is 4.44. The van der Waals surface area contributed by atoms with Crippen molar-refractivity contribution in [3.8, 4) is 17.2 Å². The lowest BCUT2D eigenvalue weighted by atomic mass is 9.98. The highest BCUT2D eigenvalue weighted by Gasteiger charge is 2.46. The van der Waals surface area contributed by atoms with Crippen molar-refractivity contribution in [2.24, 2.45) is 0 Å². The van der Waals surface area contributed by atoms with E-state index in [1.807, 2.05) is 6.08 Å². The van der Waals surface area contributed by atoms with Crippen molar-refractivity contribution in [1.82, 2.24) is 10.2 Å². The first-order valence-electron chi connectivity index (χ1n) is 8.61. The molecule has 2 aliphatic rings. The number of ether oxygens (including phenoxy) is 1. The van der Waals surface area contributed by atoms with Crippen molar-refractivity contribution >= 4 is 20.0 Å². The van der Waals surface area contributed by atoms with Gasteiger partial charge in [-0.05, 0) is 31.6 Å². The van der Waals surface area contributed by atoms with E-state index in [4.69, 9.17) is 9.15 Å². The number of rotatable bonds is 3. The summed E-state index contributed by atoms with van der Waals surface area (Å²) in [5, 5.41) is 6.60. The molecule has 1 aliphatic heterocycles. The molecule has 154 valence electrons. The van der Waals surface area contributed by atoms with Crippen LogP contribution < -0.4 is 4.74 Å². The van der Waals surface area contributed by atoms with Gasteiger partial charge in [0.1, 0.15) is 21.1 Å². The molecule has 0 saturated carbocycles. The monoisotopic (exact) mass is 438 g/mol. The Morgan fingerprint density at radius 2 is 1.86 bits per heavy atom. The van der Waals surface area contributed by atoms with Crippen LogP contribution in [0.5, 0.6) is 5.75 Å². The second-order valence-electron chi connectivity index (χ2n) is 6.90. The average Bonchev–Trinajstić information content (AvgIpc) is 3.08. The van der Waals surface area contributed by atoms with E-state index in [0.717, 1.165) is 12.7 Å². The number of fused-ring (bicyclic) bond motifs is 2. The molecule has 0 amide bonds. The first-order valence-corrected chi connectivity index (χ1v) is 11.6. The first-order chi connectivity index (χ1) is 13.5. The molecule has 0 spiro atoms. The van der Waals surface area contributed by atoms with Gasteiger partial charge in [-0.1, -0.05) is 17.7 Å². The van der Waals surface area contributed by atoms with Crippen molar-refractivity contribution < 1.29 is 30.2 Å². The Bertz CT molecular complexity index is 1290. The molecule has 4 rings (SSSR count). The maximum atomic E-state index is 13.4. The van der Waals surface area contributed by atoms with Gasteiger partial charge in [-0.25, -0.2) is 8.42 Å². The summed E-state index contributed by atoms with van der Waals surface area (Å²) in [5.41, 5.74) is 1.60. The van der Waals surface area contributed by atoms with E-state index in [1.54, 1.807) is 26.8 Å². The van der Waals surface area contributed by atoms with Crippen LogP contribution in [-0.2, 0) is 24.1 Å². The van der Waals surface area contributed by atoms with E-state index in [9.17, 15) is 16.8 Å². The van der Waals surface area contributed by atoms with Crippen molar-refractivity contribution in [3.63, 3.8) is 0 Å². The fraction of sp³-hybridized carbons (Fsp3) is 0.333. The summed E-state index contributed by atoms with van der Waals surface area (Å²) in [4.78, 5) is -0.675. The van der Waals surface area contributed by atoms with Crippen molar-refractivity contribution in [3.05, 3.63) is 41.3 Å². The van der Waals surface area contributed by atoms with Crippen LogP contribution in [0.2, 0.25) is 0 Å². The third-order valence-corrected chi connectivity index (χ3v) is 8.12. The van der Waals surface area contributed by atoms with Gasteiger partial charge in [0.15, 0.2) is 15.6 Å². The Balaban J connectivity index is 2.04. The van der Waals surface area contributed by atoms with Gasteiger partial charge in [-0.3, -0.25) is 4.18 Å². The molecule has 2 heterocycles. The van der Waals surface area contributed by atoms with Crippen LogP contribution in [0.25, 0.3) is 11.5 Å². The van der Waals surface area contributed by atoms with Crippen LogP contribution in [0.3, 0.4) is 0 Å². The minimum atomic E-state index is -4.29. The molecule has 9 nitrogen and oxygen atoms in total. The average molecular weight is 438 g/mol. The zero-order valence-corrected chi connectivity index (χ0v) is 17.7. The zero-order valence-electron chi connectivity index (χ0n) is 16.0. The summed E-state index contributed by atoms with van der Waals surface area (Å²) in [6.07, 6.45) is 2.57. The predicted octanol–water partition coefficient (Wildman–Crippen LogP) is 2.19. The topological polar surface area (TPSA) is 126 Å². The van der Waals surface area contributed by atoms with Crippen LogP contribution in [0.4, 0.5) is 0 Å². The molecular formula is C18H18N2O7S2. The van der Waals surface area contributed by atoms with Crippen molar-refractivity contribution in [1.29, 1.82) is 0 Å². The molecule has 0 radical (unpaired) electrons. The summed E-state index contributed by atoms with van der Waals surface area (Å²) in [5.74, 6) is -0.0324. The Morgan fingerprint density at radius 3 is 2.48 bits per heavy atom. The molecule has 0 fully saturated rings. The number of allylic oxidation sites excluding steroid dienone is 2. The van der Waals surface area contributed by atoms with E-state index in [-0.39, 0.29) is 28.0 Å². The predicted molar refractivity (Wildman–Crippen MR) is 102 cm³/mol. The standard InChI is InChI=1S/C18H18N2O7S2/c1-9-5-10(2)16-13(6-9)28(21,22)14-7-12(18-20-19-11(3)26-18)8-15(17(14)27-16)29(23,24)25-4/h5-8,13,16H,1-4H3. The largest absolute Gasteiger partial charge is 0.482 e. The molecular weight excluding hydrogens is 420 g/mol.